The number of hydrogen-bond donors (Lipinski definition) is 0. The monoisotopic (exact) mass is 178 g/mol. The van der Waals surface area contributed by atoms with E-state index < -0.39 is 8.07 Å². The van der Waals surface area contributed by atoms with Crippen molar-refractivity contribution in [3.05, 3.63) is 40.6 Å². The number of hydrogen-bond acceptors (Lipinski definition) is 1. The van der Waals surface area contributed by atoms with Crippen molar-refractivity contribution in [3.63, 3.8) is 0 Å². The first kappa shape index (κ1) is 9.20. The zero-order chi connectivity index (χ0) is 9.19. The maximum Gasteiger partial charge on any atom is 0.177 e. The molecule has 0 saturated carbocycles. The Balaban J connectivity index is 3.38. The molecule has 0 fully saturated rings. The van der Waals surface area contributed by atoms with Gasteiger partial charge in [-0.2, -0.15) is 0 Å². The quantitative estimate of drug-likeness (QED) is 0.597. The Kier molecular flexibility index (Phi) is 2.48. The van der Waals surface area contributed by atoms with Gasteiger partial charge in [0.25, 0.3) is 0 Å². The van der Waals surface area contributed by atoms with Crippen molar-refractivity contribution in [2.24, 2.45) is 0 Å². The average Bonchev–Trinajstić information content (AvgIpc) is 2.11. The van der Waals surface area contributed by atoms with Crippen LogP contribution in [0.15, 0.2) is 35.1 Å². The van der Waals surface area contributed by atoms with Gasteiger partial charge < -0.3 is 0 Å². The highest BCUT2D eigenvalue weighted by Gasteiger charge is 2.17. The summed E-state index contributed by atoms with van der Waals surface area (Å²) in [5.41, 5.74) is 0.180. The lowest BCUT2D eigenvalue weighted by molar-refractivity contribution is 1.65. The molecule has 0 heterocycles. The predicted octanol–water partition coefficient (Wildman–Crippen LogP) is 1.59. The summed E-state index contributed by atoms with van der Waals surface area (Å²) in [5, 5.41) is 1.01. The highest BCUT2D eigenvalue weighted by molar-refractivity contribution is 6.88. The first-order valence-electron chi connectivity index (χ1n) is 4.11. The average molecular weight is 178 g/mol. The van der Waals surface area contributed by atoms with Crippen LogP contribution < -0.4 is 10.6 Å². The van der Waals surface area contributed by atoms with Crippen LogP contribution in [0.4, 0.5) is 0 Å². The van der Waals surface area contributed by atoms with Gasteiger partial charge in [-0.05, 0) is 11.3 Å². The fraction of sp³-hybridized carbons (Fsp3) is 0.300. The van der Waals surface area contributed by atoms with Crippen LogP contribution in [0.25, 0.3) is 0 Å². The van der Waals surface area contributed by atoms with Gasteiger partial charge in [-0.25, -0.2) is 0 Å². The Morgan fingerprint density at radius 3 is 2.17 bits per heavy atom. The molecule has 0 amide bonds. The SMILES string of the molecule is C[Si](C)(C)c1cccccc1=O. The summed E-state index contributed by atoms with van der Waals surface area (Å²) in [4.78, 5) is 11.5. The molecule has 1 aromatic carbocycles. The van der Waals surface area contributed by atoms with Crippen molar-refractivity contribution < 1.29 is 0 Å². The lowest BCUT2D eigenvalue weighted by atomic mass is 10.5. The smallest absolute Gasteiger partial charge is 0.177 e. The van der Waals surface area contributed by atoms with Gasteiger partial charge in [0.2, 0.25) is 0 Å². The fourth-order valence-electron chi connectivity index (χ4n) is 1.15. The highest BCUT2D eigenvalue weighted by Crippen LogP contribution is 1.97. The molecule has 0 radical (unpaired) electrons. The van der Waals surface area contributed by atoms with Crippen molar-refractivity contribution in [1.82, 2.24) is 0 Å². The fourth-order valence-corrected chi connectivity index (χ4v) is 2.57. The molecule has 2 heteroatoms. The van der Waals surface area contributed by atoms with E-state index in [9.17, 15) is 4.79 Å². The van der Waals surface area contributed by atoms with E-state index in [1.54, 1.807) is 12.1 Å². The van der Waals surface area contributed by atoms with Crippen LogP contribution in [0, 0.1) is 0 Å². The molecule has 0 aromatic heterocycles. The minimum Gasteiger partial charge on any atom is -0.290 e. The molecule has 0 unspecified atom stereocenters. The molecule has 0 aliphatic carbocycles. The van der Waals surface area contributed by atoms with Crippen LogP contribution in [0.5, 0.6) is 0 Å². The molecule has 0 spiro atoms. The molecule has 0 saturated heterocycles. The topological polar surface area (TPSA) is 17.1 Å². The first-order chi connectivity index (χ1) is 5.52. The molecule has 64 valence electrons. The van der Waals surface area contributed by atoms with Crippen LogP contribution in [-0.2, 0) is 0 Å². The molecule has 0 bridgehead atoms. The summed E-state index contributed by atoms with van der Waals surface area (Å²) in [6, 6.07) is 9.23. The normalized spacial score (nSPS) is 11.2. The first-order valence-corrected chi connectivity index (χ1v) is 7.61. The third kappa shape index (κ3) is 2.05. The zero-order valence-electron chi connectivity index (χ0n) is 7.79. The Morgan fingerprint density at radius 2 is 1.58 bits per heavy atom. The van der Waals surface area contributed by atoms with Gasteiger partial charge >= 0.3 is 0 Å². The van der Waals surface area contributed by atoms with Crippen LogP contribution in [-0.4, -0.2) is 8.07 Å². The third-order valence-corrected chi connectivity index (χ3v) is 3.84. The van der Waals surface area contributed by atoms with E-state index in [2.05, 4.69) is 19.6 Å². The van der Waals surface area contributed by atoms with E-state index in [1.165, 1.54) is 0 Å². The van der Waals surface area contributed by atoms with Crippen molar-refractivity contribution in [2.75, 3.05) is 0 Å². The van der Waals surface area contributed by atoms with Crippen molar-refractivity contribution in [3.8, 4) is 0 Å². The van der Waals surface area contributed by atoms with Crippen molar-refractivity contribution in [1.29, 1.82) is 0 Å². The summed E-state index contributed by atoms with van der Waals surface area (Å²) in [7, 11) is -1.44. The summed E-state index contributed by atoms with van der Waals surface area (Å²) in [5.74, 6) is 0. The van der Waals surface area contributed by atoms with Gasteiger partial charge in [-0.3, -0.25) is 4.79 Å². The van der Waals surface area contributed by atoms with E-state index in [0.717, 1.165) is 5.19 Å². The van der Waals surface area contributed by atoms with E-state index in [0.29, 0.717) is 0 Å². The molecule has 12 heavy (non-hydrogen) atoms. The van der Waals surface area contributed by atoms with Crippen LogP contribution in [0.3, 0.4) is 0 Å². The van der Waals surface area contributed by atoms with Gasteiger partial charge in [-0.1, -0.05) is 43.9 Å². The predicted molar refractivity (Wildman–Crippen MR) is 55.7 cm³/mol. The second kappa shape index (κ2) is 3.23. The Bertz CT molecular complexity index is 325. The van der Waals surface area contributed by atoms with E-state index in [4.69, 9.17) is 0 Å². The minimum atomic E-state index is -1.44. The molecule has 1 nitrogen and oxygen atoms in total. The van der Waals surface area contributed by atoms with Crippen LogP contribution in [0.2, 0.25) is 19.6 Å². The molecule has 0 aliphatic rings. The van der Waals surface area contributed by atoms with Crippen molar-refractivity contribution in [2.45, 2.75) is 19.6 Å². The Hall–Kier alpha value is -0.893. The highest BCUT2D eigenvalue weighted by atomic mass is 28.3. The largest absolute Gasteiger partial charge is 0.290 e. The number of rotatable bonds is 1. The second-order valence-corrected chi connectivity index (χ2v) is 8.98. The lowest BCUT2D eigenvalue weighted by Crippen LogP contribution is -2.45. The molecular formula is C10H14OSi. The second-order valence-electron chi connectivity index (χ2n) is 3.94. The van der Waals surface area contributed by atoms with Gasteiger partial charge in [0.15, 0.2) is 5.43 Å². The molecule has 1 rings (SSSR count). The molecular weight excluding hydrogens is 164 g/mol. The van der Waals surface area contributed by atoms with Gasteiger partial charge in [0.05, 0.1) is 8.07 Å². The van der Waals surface area contributed by atoms with Crippen LogP contribution in [0.1, 0.15) is 0 Å². The summed E-state index contributed by atoms with van der Waals surface area (Å²) in [6.45, 7) is 6.55. The van der Waals surface area contributed by atoms with Gasteiger partial charge in [0.1, 0.15) is 0 Å². The summed E-state index contributed by atoms with van der Waals surface area (Å²) < 4.78 is 0. The lowest BCUT2D eigenvalue weighted by Gasteiger charge is -2.13. The van der Waals surface area contributed by atoms with Gasteiger partial charge in [0, 0.05) is 0 Å². The standard InChI is InChI=1S/C10H14OSi/c1-12(2,3)10-8-6-4-5-7-9(10)11/h4-8H,1-3H3. The molecule has 0 atom stereocenters. The van der Waals surface area contributed by atoms with E-state index in [-0.39, 0.29) is 5.43 Å². The molecule has 1 aromatic rings. The van der Waals surface area contributed by atoms with E-state index in [1.807, 2.05) is 18.2 Å². The zero-order valence-corrected chi connectivity index (χ0v) is 8.79. The maximum absolute atomic E-state index is 11.5. The Labute approximate surface area is 74.1 Å². The minimum absolute atomic E-state index is 0.180. The van der Waals surface area contributed by atoms with Crippen LogP contribution >= 0.6 is 0 Å². The van der Waals surface area contributed by atoms with E-state index >= 15 is 0 Å². The van der Waals surface area contributed by atoms with Gasteiger partial charge in [-0.15, -0.1) is 0 Å². The third-order valence-electron chi connectivity index (χ3n) is 1.81. The Morgan fingerprint density at radius 1 is 1.00 bits per heavy atom. The van der Waals surface area contributed by atoms with Crippen molar-refractivity contribution >= 4 is 13.3 Å². The summed E-state index contributed by atoms with van der Waals surface area (Å²) >= 11 is 0. The maximum atomic E-state index is 11.5. The summed E-state index contributed by atoms with van der Waals surface area (Å²) in [6.07, 6.45) is 0. The molecule has 0 aliphatic heterocycles. The molecule has 0 N–H and O–H groups in total.